The summed E-state index contributed by atoms with van der Waals surface area (Å²) >= 11 is 1.33. The summed E-state index contributed by atoms with van der Waals surface area (Å²) in [4.78, 5) is 11.9. The zero-order valence-electron chi connectivity index (χ0n) is 11.8. The Morgan fingerprint density at radius 3 is 2.50 bits per heavy atom. The van der Waals surface area contributed by atoms with Crippen LogP contribution in [0.4, 0.5) is 5.00 Å². The molecule has 0 spiro atoms. The first-order valence-electron chi connectivity index (χ1n) is 6.39. The van der Waals surface area contributed by atoms with Crippen molar-refractivity contribution in [2.45, 2.75) is 53.0 Å². The summed E-state index contributed by atoms with van der Waals surface area (Å²) in [6.07, 6.45) is 1.98. The highest BCUT2D eigenvalue weighted by Gasteiger charge is 2.26. The Kier molecular flexibility index (Phi) is 5.14. The molecule has 102 valence electrons. The average Bonchev–Trinajstić information content (AvgIpc) is 2.70. The summed E-state index contributed by atoms with van der Waals surface area (Å²) in [6.45, 7) is 10.4. The lowest BCUT2D eigenvalue weighted by Gasteiger charge is -2.28. The Bertz CT molecular complexity index is 411. The molecule has 1 heterocycles. The third-order valence-electron chi connectivity index (χ3n) is 3.32. The predicted molar refractivity (Wildman–Crippen MR) is 75.4 cm³/mol. The highest BCUT2D eigenvalue weighted by atomic mass is 32.1. The second-order valence-electron chi connectivity index (χ2n) is 4.59. The number of nitrogens with one attached hydrogen (secondary N) is 1. The third-order valence-corrected chi connectivity index (χ3v) is 4.17. The van der Waals surface area contributed by atoms with E-state index in [0.717, 1.165) is 23.5 Å². The van der Waals surface area contributed by atoms with Gasteiger partial charge >= 0.3 is 5.97 Å². The van der Waals surface area contributed by atoms with E-state index in [1.807, 2.05) is 13.8 Å². The number of esters is 1. The minimum Gasteiger partial charge on any atom is -0.462 e. The number of rotatable bonds is 6. The molecular formula is C13H22N2O2S. The molecule has 1 N–H and O–H groups in total. The topological polar surface area (TPSA) is 51.2 Å². The lowest BCUT2D eigenvalue weighted by molar-refractivity contribution is 0.0527. The quantitative estimate of drug-likeness (QED) is 0.802. The van der Waals surface area contributed by atoms with Crippen molar-refractivity contribution in [1.82, 2.24) is 4.37 Å². The predicted octanol–water partition coefficient (Wildman–Crippen LogP) is 3.62. The van der Waals surface area contributed by atoms with E-state index in [4.69, 9.17) is 4.74 Å². The van der Waals surface area contributed by atoms with Gasteiger partial charge in [0.05, 0.1) is 12.3 Å². The minimum atomic E-state index is -0.291. The molecule has 18 heavy (non-hydrogen) atoms. The SMILES string of the molecule is CCOC(=O)c1c(C)nsc1NC(C)(CC)CC. The van der Waals surface area contributed by atoms with Crippen molar-refractivity contribution in [3.05, 3.63) is 11.3 Å². The van der Waals surface area contributed by atoms with Crippen LogP contribution in [0.15, 0.2) is 0 Å². The van der Waals surface area contributed by atoms with Crippen LogP contribution in [0.3, 0.4) is 0 Å². The third kappa shape index (κ3) is 3.22. The standard InChI is InChI=1S/C13H22N2O2S/c1-6-13(5,7-2)14-11-10(9(4)15-18-11)12(16)17-8-3/h14H,6-8H2,1-5H3. The van der Waals surface area contributed by atoms with Gasteiger partial charge in [-0.2, -0.15) is 4.37 Å². The van der Waals surface area contributed by atoms with E-state index in [-0.39, 0.29) is 11.5 Å². The van der Waals surface area contributed by atoms with Crippen LogP contribution in [0.2, 0.25) is 0 Å². The van der Waals surface area contributed by atoms with Gasteiger partial charge in [-0.1, -0.05) is 13.8 Å². The fourth-order valence-corrected chi connectivity index (χ4v) is 2.53. The zero-order valence-corrected chi connectivity index (χ0v) is 12.6. The maximum absolute atomic E-state index is 11.9. The summed E-state index contributed by atoms with van der Waals surface area (Å²) in [5, 5.41) is 4.26. The molecule has 5 heteroatoms. The first-order valence-corrected chi connectivity index (χ1v) is 7.16. The van der Waals surface area contributed by atoms with Crippen molar-refractivity contribution in [2.75, 3.05) is 11.9 Å². The maximum Gasteiger partial charge on any atom is 0.343 e. The van der Waals surface area contributed by atoms with Crippen molar-refractivity contribution in [2.24, 2.45) is 0 Å². The fraction of sp³-hybridized carbons (Fsp3) is 0.692. The first kappa shape index (κ1) is 15.0. The summed E-state index contributed by atoms with van der Waals surface area (Å²) in [7, 11) is 0. The van der Waals surface area contributed by atoms with Crippen molar-refractivity contribution >= 4 is 22.5 Å². The number of ether oxygens (including phenoxy) is 1. The second kappa shape index (κ2) is 6.18. The molecule has 0 aliphatic heterocycles. The first-order chi connectivity index (χ1) is 8.47. The molecule has 1 aromatic heterocycles. The molecule has 1 aromatic rings. The molecule has 4 nitrogen and oxygen atoms in total. The van der Waals surface area contributed by atoms with Gasteiger partial charge in [0.15, 0.2) is 0 Å². The van der Waals surface area contributed by atoms with Gasteiger partial charge in [-0.05, 0) is 45.1 Å². The van der Waals surface area contributed by atoms with Crippen molar-refractivity contribution < 1.29 is 9.53 Å². The lowest BCUT2D eigenvalue weighted by atomic mass is 9.95. The highest BCUT2D eigenvalue weighted by molar-refractivity contribution is 7.10. The Morgan fingerprint density at radius 2 is 2.00 bits per heavy atom. The molecule has 0 aliphatic rings. The Hall–Kier alpha value is -1.10. The molecule has 0 atom stereocenters. The summed E-state index contributed by atoms with van der Waals surface area (Å²) < 4.78 is 9.33. The second-order valence-corrected chi connectivity index (χ2v) is 5.36. The van der Waals surface area contributed by atoms with E-state index in [1.165, 1.54) is 11.5 Å². The van der Waals surface area contributed by atoms with E-state index in [1.54, 1.807) is 0 Å². The number of aromatic nitrogens is 1. The largest absolute Gasteiger partial charge is 0.462 e. The molecular weight excluding hydrogens is 248 g/mol. The van der Waals surface area contributed by atoms with Crippen LogP contribution in [0, 0.1) is 6.92 Å². The van der Waals surface area contributed by atoms with Crippen molar-refractivity contribution in [3.63, 3.8) is 0 Å². The molecule has 1 rings (SSSR count). The van der Waals surface area contributed by atoms with Crippen LogP contribution < -0.4 is 5.32 Å². The monoisotopic (exact) mass is 270 g/mol. The van der Waals surface area contributed by atoms with Gasteiger partial charge in [0.25, 0.3) is 0 Å². The van der Waals surface area contributed by atoms with Crippen LogP contribution >= 0.6 is 11.5 Å². The molecule has 0 bridgehead atoms. The molecule has 0 fully saturated rings. The molecule has 0 amide bonds. The van der Waals surface area contributed by atoms with E-state index in [0.29, 0.717) is 12.2 Å². The van der Waals surface area contributed by atoms with E-state index < -0.39 is 0 Å². The van der Waals surface area contributed by atoms with Crippen molar-refractivity contribution in [1.29, 1.82) is 0 Å². The number of aryl methyl sites for hydroxylation is 1. The maximum atomic E-state index is 11.9. The summed E-state index contributed by atoms with van der Waals surface area (Å²) in [6, 6.07) is 0. The minimum absolute atomic E-state index is 0.0137. The van der Waals surface area contributed by atoms with Crippen molar-refractivity contribution in [3.8, 4) is 0 Å². The Morgan fingerprint density at radius 1 is 1.39 bits per heavy atom. The van der Waals surface area contributed by atoms with Crippen LogP contribution in [-0.2, 0) is 4.74 Å². The molecule has 0 aromatic carbocycles. The molecule has 0 saturated carbocycles. The summed E-state index contributed by atoms with van der Waals surface area (Å²) in [5.74, 6) is -0.291. The van der Waals surface area contributed by atoms with Gasteiger partial charge in [-0.3, -0.25) is 0 Å². The zero-order chi connectivity index (χ0) is 13.8. The number of carbonyl (C=O) groups excluding carboxylic acids is 1. The highest BCUT2D eigenvalue weighted by Crippen LogP contribution is 2.30. The van der Waals surface area contributed by atoms with Crippen LogP contribution in [0.5, 0.6) is 0 Å². The normalized spacial score (nSPS) is 11.4. The Labute approximate surface area is 113 Å². The number of hydrogen-bond acceptors (Lipinski definition) is 5. The molecule has 0 radical (unpaired) electrons. The number of hydrogen-bond donors (Lipinski definition) is 1. The van der Waals surface area contributed by atoms with Gasteiger partial charge in [-0.25, -0.2) is 4.79 Å². The van der Waals surface area contributed by atoms with E-state index >= 15 is 0 Å². The molecule has 0 saturated heterocycles. The van der Waals surface area contributed by atoms with Gasteiger partial charge in [0.2, 0.25) is 0 Å². The molecule has 0 unspecified atom stereocenters. The smallest absolute Gasteiger partial charge is 0.343 e. The van der Waals surface area contributed by atoms with Crippen LogP contribution in [-0.4, -0.2) is 22.5 Å². The number of anilines is 1. The summed E-state index contributed by atoms with van der Waals surface area (Å²) in [5.41, 5.74) is 1.30. The van der Waals surface area contributed by atoms with E-state index in [2.05, 4.69) is 30.5 Å². The molecule has 0 aliphatic carbocycles. The Balaban J connectivity index is 3.00. The van der Waals surface area contributed by atoms with Gasteiger partial charge in [0.1, 0.15) is 10.6 Å². The van der Waals surface area contributed by atoms with Gasteiger partial charge in [-0.15, -0.1) is 0 Å². The lowest BCUT2D eigenvalue weighted by Crippen LogP contribution is -2.33. The van der Waals surface area contributed by atoms with Crippen LogP contribution in [0.25, 0.3) is 0 Å². The van der Waals surface area contributed by atoms with Gasteiger partial charge in [0, 0.05) is 5.54 Å². The fourth-order valence-electron chi connectivity index (χ4n) is 1.60. The van der Waals surface area contributed by atoms with Crippen LogP contribution in [0.1, 0.15) is 56.6 Å². The van der Waals surface area contributed by atoms with E-state index in [9.17, 15) is 4.79 Å². The number of nitrogens with zero attached hydrogens (tertiary/aromatic N) is 1. The van der Waals surface area contributed by atoms with Gasteiger partial charge < -0.3 is 10.1 Å². The number of carbonyl (C=O) groups is 1. The average molecular weight is 270 g/mol.